The van der Waals surface area contributed by atoms with Gasteiger partial charge >= 0.3 is 5.97 Å². The molecule has 31 heavy (non-hydrogen) atoms. The van der Waals surface area contributed by atoms with Crippen LogP contribution in [-0.4, -0.2) is 53.8 Å². The fraction of sp³-hybridized carbons (Fsp3) is 0.476. The second-order valence-corrected chi connectivity index (χ2v) is 9.46. The number of pyridine rings is 1. The first-order valence-corrected chi connectivity index (χ1v) is 11.7. The van der Waals surface area contributed by atoms with Crippen molar-refractivity contribution in [2.24, 2.45) is 13.0 Å². The molecule has 1 aliphatic rings. The minimum absolute atomic E-state index is 0.0423. The van der Waals surface area contributed by atoms with Crippen molar-refractivity contribution in [3.8, 4) is 0 Å². The predicted molar refractivity (Wildman–Crippen MR) is 115 cm³/mol. The number of carbonyl (C=O) groups excluding carboxylic acids is 2. The molecule has 0 saturated carbocycles. The van der Waals surface area contributed by atoms with Crippen molar-refractivity contribution in [1.82, 2.24) is 13.9 Å². The van der Waals surface area contributed by atoms with Crippen molar-refractivity contribution < 1.29 is 22.7 Å². The van der Waals surface area contributed by atoms with E-state index >= 15 is 0 Å². The number of hydrogen-bond acceptors (Lipinski definition) is 6. The van der Waals surface area contributed by atoms with E-state index in [0.717, 1.165) is 0 Å². The standard InChI is InChI=1S/C21H28N4O5S/c1-5-30-21(27)18-14(2)24(4)15(3)19(18)31(28,29)25-11-7-8-16(13-25)20(26)23-17-9-6-10-22-12-17/h6,9-10,12,16H,5,7-8,11,13H2,1-4H3,(H,23,26). The van der Waals surface area contributed by atoms with Gasteiger partial charge in [0.05, 0.1) is 24.4 Å². The van der Waals surface area contributed by atoms with Crippen molar-refractivity contribution in [1.29, 1.82) is 0 Å². The number of ether oxygens (including phenoxy) is 1. The van der Waals surface area contributed by atoms with Gasteiger partial charge in [-0.1, -0.05) is 0 Å². The van der Waals surface area contributed by atoms with E-state index in [-0.39, 0.29) is 36.1 Å². The molecule has 1 N–H and O–H groups in total. The minimum Gasteiger partial charge on any atom is -0.462 e. The van der Waals surface area contributed by atoms with Crippen LogP contribution in [0.3, 0.4) is 0 Å². The van der Waals surface area contributed by atoms with Gasteiger partial charge in [-0.25, -0.2) is 13.2 Å². The van der Waals surface area contributed by atoms with E-state index in [1.54, 1.807) is 50.7 Å². The molecule has 1 atom stereocenters. The van der Waals surface area contributed by atoms with E-state index < -0.39 is 21.9 Å². The van der Waals surface area contributed by atoms with E-state index in [9.17, 15) is 18.0 Å². The molecule has 0 spiro atoms. The van der Waals surface area contributed by atoms with Gasteiger partial charge in [-0.3, -0.25) is 9.78 Å². The van der Waals surface area contributed by atoms with E-state index in [1.807, 2.05) is 0 Å². The highest BCUT2D eigenvalue weighted by Crippen LogP contribution is 2.32. The summed E-state index contributed by atoms with van der Waals surface area (Å²) in [5.74, 6) is -1.41. The van der Waals surface area contributed by atoms with Gasteiger partial charge in [-0.2, -0.15) is 4.31 Å². The number of anilines is 1. The largest absolute Gasteiger partial charge is 0.462 e. The zero-order valence-corrected chi connectivity index (χ0v) is 19.0. The SMILES string of the molecule is CCOC(=O)c1c(S(=O)(=O)N2CCCC(C(=O)Nc3cccnc3)C2)c(C)n(C)c1C. The van der Waals surface area contributed by atoms with Crippen LogP contribution in [0.15, 0.2) is 29.4 Å². The summed E-state index contributed by atoms with van der Waals surface area (Å²) >= 11 is 0. The van der Waals surface area contributed by atoms with Crippen LogP contribution >= 0.6 is 0 Å². The third kappa shape index (κ3) is 4.49. The topological polar surface area (TPSA) is 111 Å². The number of esters is 1. The van der Waals surface area contributed by atoms with E-state index in [1.165, 1.54) is 10.5 Å². The van der Waals surface area contributed by atoms with Crippen LogP contribution in [0.1, 0.15) is 41.5 Å². The Morgan fingerprint density at radius 2 is 2.03 bits per heavy atom. The maximum Gasteiger partial charge on any atom is 0.341 e. The fourth-order valence-electron chi connectivity index (χ4n) is 3.86. The van der Waals surface area contributed by atoms with E-state index in [2.05, 4.69) is 10.3 Å². The summed E-state index contributed by atoms with van der Waals surface area (Å²) in [5.41, 5.74) is 1.61. The maximum absolute atomic E-state index is 13.6. The summed E-state index contributed by atoms with van der Waals surface area (Å²) in [6.07, 6.45) is 4.27. The summed E-state index contributed by atoms with van der Waals surface area (Å²) < 4.78 is 35.3. The lowest BCUT2D eigenvalue weighted by Crippen LogP contribution is -2.44. The van der Waals surface area contributed by atoms with Crippen LogP contribution < -0.4 is 5.32 Å². The first-order valence-electron chi connectivity index (χ1n) is 10.2. The van der Waals surface area contributed by atoms with Crippen molar-refractivity contribution >= 4 is 27.6 Å². The van der Waals surface area contributed by atoms with Crippen molar-refractivity contribution in [3.05, 3.63) is 41.5 Å². The third-order valence-electron chi connectivity index (χ3n) is 5.69. The molecule has 0 bridgehead atoms. The van der Waals surface area contributed by atoms with Crippen LogP contribution in [0.2, 0.25) is 0 Å². The molecule has 0 radical (unpaired) electrons. The number of amides is 1. The number of rotatable bonds is 6. The molecule has 3 heterocycles. The van der Waals surface area contributed by atoms with Gasteiger partial charge < -0.3 is 14.6 Å². The molecule has 2 aromatic heterocycles. The number of aromatic nitrogens is 2. The summed E-state index contributed by atoms with van der Waals surface area (Å²) in [4.78, 5) is 29.2. The smallest absolute Gasteiger partial charge is 0.341 e. The quantitative estimate of drug-likeness (QED) is 0.679. The van der Waals surface area contributed by atoms with Gasteiger partial charge in [0.25, 0.3) is 0 Å². The third-order valence-corrected chi connectivity index (χ3v) is 7.71. The molecule has 10 heteroatoms. The molecule has 3 rings (SSSR count). The number of piperidine rings is 1. The monoisotopic (exact) mass is 448 g/mol. The Bertz CT molecular complexity index is 1080. The first kappa shape index (κ1) is 23.0. The zero-order chi connectivity index (χ0) is 22.8. The van der Waals surface area contributed by atoms with Gasteiger partial charge in [0, 0.05) is 37.7 Å². The van der Waals surface area contributed by atoms with Crippen LogP contribution in [0.25, 0.3) is 0 Å². The van der Waals surface area contributed by atoms with E-state index in [0.29, 0.717) is 29.9 Å². The predicted octanol–water partition coefficient (Wildman–Crippen LogP) is 2.25. The molecule has 168 valence electrons. The number of carbonyl (C=O) groups is 2. The summed E-state index contributed by atoms with van der Waals surface area (Å²) in [6, 6.07) is 3.44. The zero-order valence-electron chi connectivity index (χ0n) is 18.2. The molecule has 1 saturated heterocycles. The highest BCUT2D eigenvalue weighted by Gasteiger charge is 2.39. The van der Waals surface area contributed by atoms with Crippen LogP contribution in [0.5, 0.6) is 0 Å². The molecular weight excluding hydrogens is 420 g/mol. The molecular formula is C21H28N4O5S. The normalized spacial score (nSPS) is 17.4. The molecule has 1 amide bonds. The molecule has 9 nitrogen and oxygen atoms in total. The van der Waals surface area contributed by atoms with Crippen molar-refractivity contribution in [2.45, 2.75) is 38.5 Å². The molecule has 0 aromatic carbocycles. The Labute approximate surface area is 182 Å². The molecule has 1 unspecified atom stereocenters. The average molecular weight is 449 g/mol. The second kappa shape index (κ2) is 9.19. The van der Waals surface area contributed by atoms with Gasteiger partial charge in [-0.05, 0) is 45.7 Å². The maximum atomic E-state index is 13.6. The number of nitrogens with zero attached hydrogens (tertiary/aromatic N) is 3. The van der Waals surface area contributed by atoms with Gasteiger partial charge in [0.2, 0.25) is 15.9 Å². The molecule has 0 aliphatic carbocycles. The van der Waals surface area contributed by atoms with Crippen LogP contribution in [-0.2, 0) is 26.6 Å². The Morgan fingerprint density at radius 3 is 2.68 bits per heavy atom. The first-order chi connectivity index (χ1) is 14.7. The lowest BCUT2D eigenvalue weighted by atomic mass is 9.99. The van der Waals surface area contributed by atoms with Crippen molar-refractivity contribution in [3.63, 3.8) is 0 Å². The summed E-state index contributed by atoms with van der Waals surface area (Å²) in [7, 11) is -2.29. The van der Waals surface area contributed by atoms with Crippen LogP contribution in [0, 0.1) is 19.8 Å². The molecule has 1 aliphatic heterocycles. The van der Waals surface area contributed by atoms with Gasteiger partial charge in [-0.15, -0.1) is 0 Å². The molecule has 1 fully saturated rings. The Kier molecular flexibility index (Phi) is 6.80. The minimum atomic E-state index is -4.01. The Balaban J connectivity index is 1.89. The second-order valence-electron chi connectivity index (χ2n) is 7.59. The Hall–Kier alpha value is -2.72. The summed E-state index contributed by atoms with van der Waals surface area (Å²) in [5, 5.41) is 2.79. The molecule has 2 aromatic rings. The van der Waals surface area contributed by atoms with E-state index in [4.69, 9.17) is 4.74 Å². The average Bonchev–Trinajstić information content (AvgIpc) is 2.99. The number of hydrogen-bond donors (Lipinski definition) is 1. The van der Waals surface area contributed by atoms with Crippen LogP contribution in [0.4, 0.5) is 5.69 Å². The lowest BCUT2D eigenvalue weighted by Gasteiger charge is -2.31. The number of sulfonamides is 1. The highest BCUT2D eigenvalue weighted by molar-refractivity contribution is 7.89. The van der Waals surface area contributed by atoms with Gasteiger partial charge in [0.1, 0.15) is 10.5 Å². The fourth-order valence-corrected chi connectivity index (χ4v) is 5.86. The Morgan fingerprint density at radius 1 is 1.29 bits per heavy atom. The summed E-state index contributed by atoms with van der Waals surface area (Å²) in [6.45, 7) is 5.51. The van der Waals surface area contributed by atoms with Crippen molar-refractivity contribution in [2.75, 3.05) is 25.0 Å². The number of nitrogens with one attached hydrogen (secondary N) is 1. The van der Waals surface area contributed by atoms with Gasteiger partial charge in [0.15, 0.2) is 0 Å². The highest BCUT2D eigenvalue weighted by atomic mass is 32.2. The lowest BCUT2D eigenvalue weighted by molar-refractivity contribution is -0.120.